The van der Waals surface area contributed by atoms with Gasteiger partial charge in [0.2, 0.25) is 0 Å². The first-order chi connectivity index (χ1) is 9.89. The van der Waals surface area contributed by atoms with Gasteiger partial charge in [0.1, 0.15) is 0 Å². The average Bonchev–Trinajstić information content (AvgIpc) is 2.45. The first kappa shape index (κ1) is 15.0. The fourth-order valence-electron chi connectivity index (χ4n) is 1.87. The maximum absolute atomic E-state index is 12.3. The molecule has 110 valence electrons. The Kier molecular flexibility index (Phi) is 4.26. The second kappa shape index (κ2) is 5.95. The predicted octanol–water partition coefficient (Wildman–Crippen LogP) is 3.64. The zero-order valence-corrected chi connectivity index (χ0v) is 11.1. The zero-order chi connectivity index (χ0) is 15.5. The van der Waals surface area contributed by atoms with Crippen LogP contribution in [0.4, 0.5) is 13.2 Å². The van der Waals surface area contributed by atoms with Gasteiger partial charge in [0.05, 0.1) is 19.1 Å². The van der Waals surface area contributed by atoms with Crippen LogP contribution in [-0.2, 0) is 11.2 Å². The zero-order valence-electron chi connectivity index (χ0n) is 11.1. The van der Waals surface area contributed by atoms with Gasteiger partial charge in [-0.25, -0.2) is 4.79 Å². The molecule has 0 N–H and O–H groups in total. The highest BCUT2D eigenvalue weighted by molar-refractivity contribution is 5.90. The summed E-state index contributed by atoms with van der Waals surface area (Å²) >= 11 is 0. The summed E-state index contributed by atoms with van der Waals surface area (Å²) in [7, 11) is 1.26. The SMILES string of the molecule is COC(=O)c1cncc(-c2ccc(CC(F)(F)F)cc2)c1. The molecule has 1 heterocycles. The lowest BCUT2D eigenvalue weighted by Crippen LogP contribution is -2.11. The summed E-state index contributed by atoms with van der Waals surface area (Å²) in [5.41, 5.74) is 1.79. The first-order valence-corrected chi connectivity index (χ1v) is 6.08. The van der Waals surface area contributed by atoms with Crippen molar-refractivity contribution in [2.45, 2.75) is 12.6 Å². The molecule has 2 aromatic rings. The summed E-state index contributed by atoms with van der Waals surface area (Å²) in [4.78, 5) is 15.4. The number of benzene rings is 1. The minimum absolute atomic E-state index is 0.184. The highest BCUT2D eigenvalue weighted by Gasteiger charge is 2.27. The summed E-state index contributed by atoms with van der Waals surface area (Å²) in [5.74, 6) is -0.516. The van der Waals surface area contributed by atoms with E-state index >= 15 is 0 Å². The molecule has 0 aliphatic heterocycles. The van der Waals surface area contributed by atoms with Crippen LogP contribution >= 0.6 is 0 Å². The molecule has 0 aliphatic rings. The van der Waals surface area contributed by atoms with Gasteiger partial charge in [-0.3, -0.25) is 4.98 Å². The fraction of sp³-hybridized carbons (Fsp3) is 0.200. The van der Waals surface area contributed by atoms with E-state index in [0.717, 1.165) is 0 Å². The van der Waals surface area contributed by atoms with Gasteiger partial charge in [-0.2, -0.15) is 13.2 Å². The molecule has 0 spiro atoms. The number of hydrogen-bond donors (Lipinski definition) is 0. The molecule has 3 nitrogen and oxygen atoms in total. The number of alkyl halides is 3. The van der Waals surface area contributed by atoms with Crippen molar-refractivity contribution in [2.24, 2.45) is 0 Å². The molecule has 0 bridgehead atoms. The van der Waals surface area contributed by atoms with Crippen LogP contribution in [0.1, 0.15) is 15.9 Å². The van der Waals surface area contributed by atoms with Gasteiger partial charge < -0.3 is 4.74 Å². The molecule has 0 saturated carbocycles. The number of methoxy groups -OCH3 is 1. The quantitative estimate of drug-likeness (QED) is 0.812. The van der Waals surface area contributed by atoms with Crippen LogP contribution < -0.4 is 0 Å². The van der Waals surface area contributed by atoms with Gasteiger partial charge in [0, 0.05) is 18.0 Å². The molecular weight excluding hydrogens is 283 g/mol. The maximum Gasteiger partial charge on any atom is 0.393 e. The van der Waals surface area contributed by atoms with E-state index in [2.05, 4.69) is 9.72 Å². The van der Waals surface area contributed by atoms with Crippen molar-refractivity contribution < 1.29 is 22.7 Å². The Morgan fingerprint density at radius 3 is 2.38 bits per heavy atom. The Labute approximate surface area is 119 Å². The Hall–Kier alpha value is -2.37. The third-order valence-electron chi connectivity index (χ3n) is 2.85. The van der Waals surface area contributed by atoms with Gasteiger partial charge >= 0.3 is 12.1 Å². The Morgan fingerprint density at radius 2 is 1.81 bits per heavy atom. The van der Waals surface area contributed by atoms with Crippen LogP contribution in [0.2, 0.25) is 0 Å². The lowest BCUT2D eigenvalue weighted by Gasteiger charge is -2.08. The highest BCUT2D eigenvalue weighted by atomic mass is 19.4. The molecule has 1 aromatic heterocycles. The minimum Gasteiger partial charge on any atom is -0.465 e. The number of carbonyl (C=O) groups excluding carboxylic acids is 1. The van der Waals surface area contributed by atoms with E-state index in [1.807, 2.05) is 0 Å². The van der Waals surface area contributed by atoms with Crippen molar-refractivity contribution in [3.63, 3.8) is 0 Å². The van der Waals surface area contributed by atoms with Crippen molar-refractivity contribution in [1.29, 1.82) is 0 Å². The molecule has 0 aliphatic carbocycles. The Bertz CT molecular complexity index is 636. The molecule has 0 amide bonds. The van der Waals surface area contributed by atoms with Gasteiger partial charge in [0.15, 0.2) is 0 Å². The predicted molar refractivity (Wildman–Crippen MR) is 70.8 cm³/mol. The van der Waals surface area contributed by atoms with Gasteiger partial charge in [-0.1, -0.05) is 24.3 Å². The van der Waals surface area contributed by atoms with Crippen LogP contribution in [-0.4, -0.2) is 24.2 Å². The number of rotatable bonds is 3. The van der Waals surface area contributed by atoms with Crippen molar-refractivity contribution >= 4 is 5.97 Å². The summed E-state index contributed by atoms with van der Waals surface area (Å²) in [5, 5.41) is 0. The molecule has 0 atom stereocenters. The van der Waals surface area contributed by atoms with Crippen molar-refractivity contribution in [2.75, 3.05) is 7.11 Å². The maximum atomic E-state index is 12.3. The molecule has 2 rings (SSSR count). The van der Waals surface area contributed by atoms with Crippen molar-refractivity contribution in [3.05, 3.63) is 53.9 Å². The third kappa shape index (κ3) is 4.05. The molecule has 21 heavy (non-hydrogen) atoms. The standard InChI is InChI=1S/C15H12F3NO2/c1-21-14(20)13-6-12(8-19-9-13)11-4-2-10(3-5-11)7-15(16,17)18/h2-6,8-9H,7H2,1H3. The van der Waals surface area contributed by atoms with Crippen LogP contribution in [0.15, 0.2) is 42.7 Å². The van der Waals surface area contributed by atoms with E-state index in [1.165, 1.54) is 31.6 Å². The summed E-state index contributed by atoms with van der Waals surface area (Å²) < 4.78 is 41.4. The van der Waals surface area contributed by atoms with Gasteiger partial charge in [-0.15, -0.1) is 0 Å². The number of nitrogens with zero attached hydrogens (tertiary/aromatic N) is 1. The van der Waals surface area contributed by atoms with E-state index < -0.39 is 18.6 Å². The van der Waals surface area contributed by atoms with Gasteiger partial charge in [0.25, 0.3) is 0 Å². The van der Waals surface area contributed by atoms with E-state index in [-0.39, 0.29) is 11.1 Å². The van der Waals surface area contributed by atoms with E-state index in [9.17, 15) is 18.0 Å². The summed E-state index contributed by atoms with van der Waals surface area (Å²) in [6, 6.07) is 7.54. The largest absolute Gasteiger partial charge is 0.465 e. The topological polar surface area (TPSA) is 39.2 Å². The molecule has 0 saturated heterocycles. The lowest BCUT2D eigenvalue weighted by molar-refractivity contribution is -0.127. The average molecular weight is 295 g/mol. The first-order valence-electron chi connectivity index (χ1n) is 6.08. The number of carbonyl (C=O) groups is 1. The normalized spacial score (nSPS) is 11.2. The number of aromatic nitrogens is 1. The van der Waals surface area contributed by atoms with E-state index in [1.54, 1.807) is 18.2 Å². The van der Waals surface area contributed by atoms with Crippen LogP contribution in [0.3, 0.4) is 0 Å². The smallest absolute Gasteiger partial charge is 0.393 e. The Balaban J connectivity index is 2.25. The third-order valence-corrected chi connectivity index (χ3v) is 2.85. The van der Waals surface area contributed by atoms with Crippen LogP contribution in [0.5, 0.6) is 0 Å². The lowest BCUT2D eigenvalue weighted by atomic mass is 10.0. The van der Waals surface area contributed by atoms with Crippen LogP contribution in [0, 0.1) is 0 Å². The molecule has 0 fully saturated rings. The van der Waals surface area contributed by atoms with Crippen molar-refractivity contribution in [1.82, 2.24) is 4.98 Å². The highest BCUT2D eigenvalue weighted by Crippen LogP contribution is 2.24. The Morgan fingerprint density at radius 1 is 1.14 bits per heavy atom. The summed E-state index contributed by atoms with van der Waals surface area (Å²) in [6.45, 7) is 0. The number of pyridine rings is 1. The monoisotopic (exact) mass is 295 g/mol. The van der Waals surface area contributed by atoms with Crippen LogP contribution in [0.25, 0.3) is 11.1 Å². The number of halogens is 3. The molecule has 1 aromatic carbocycles. The fourth-order valence-corrected chi connectivity index (χ4v) is 1.87. The second-order valence-electron chi connectivity index (χ2n) is 4.44. The number of ether oxygens (including phenoxy) is 1. The minimum atomic E-state index is -4.23. The second-order valence-corrected chi connectivity index (χ2v) is 4.44. The van der Waals surface area contributed by atoms with Gasteiger partial charge in [-0.05, 0) is 17.2 Å². The van der Waals surface area contributed by atoms with Crippen molar-refractivity contribution in [3.8, 4) is 11.1 Å². The molecule has 0 unspecified atom stereocenters. The number of hydrogen-bond acceptors (Lipinski definition) is 3. The van der Waals surface area contributed by atoms with E-state index in [4.69, 9.17) is 0 Å². The molecule has 0 radical (unpaired) electrons. The number of esters is 1. The summed E-state index contributed by atoms with van der Waals surface area (Å²) in [6.07, 6.45) is -2.29. The molecular formula is C15H12F3NO2. The van der Waals surface area contributed by atoms with E-state index in [0.29, 0.717) is 11.1 Å². The molecule has 6 heteroatoms.